The molecular formula is C16H19NO3. The maximum atomic E-state index is 11.6. The molecule has 0 aromatic heterocycles. The van der Waals surface area contributed by atoms with Crippen LogP contribution in [0.2, 0.25) is 0 Å². The summed E-state index contributed by atoms with van der Waals surface area (Å²) < 4.78 is 5.80. The van der Waals surface area contributed by atoms with Crippen molar-refractivity contribution in [2.24, 2.45) is 0 Å². The Morgan fingerprint density at radius 3 is 2.55 bits per heavy atom. The number of carbonyl (C=O) groups excluding carboxylic acids is 1. The Kier molecular flexibility index (Phi) is 4.25. The largest absolute Gasteiger partial charge is 0.480 e. The molecule has 20 heavy (non-hydrogen) atoms. The van der Waals surface area contributed by atoms with Crippen LogP contribution in [0.4, 0.5) is 0 Å². The number of likely N-dealkylation sites (N-methyl/N-ethyl adjacent to an activating group) is 1. The third kappa shape index (κ3) is 2.75. The van der Waals surface area contributed by atoms with E-state index < -0.39 is 12.2 Å². The van der Waals surface area contributed by atoms with Gasteiger partial charge in [-0.25, -0.2) is 0 Å². The summed E-state index contributed by atoms with van der Waals surface area (Å²) in [6, 6.07) is 11.5. The zero-order valence-corrected chi connectivity index (χ0v) is 11.9. The zero-order chi connectivity index (χ0) is 14.7. The van der Waals surface area contributed by atoms with Gasteiger partial charge in [-0.05, 0) is 19.2 Å². The fraction of sp³-hybridized carbons (Fsp3) is 0.312. The molecule has 4 heteroatoms. The van der Waals surface area contributed by atoms with Crippen molar-refractivity contribution >= 4 is 16.7 Å². The molecule has 0 aliphatic rings. The summed E-state index contributed by atoms with van der Waals surface area (Å²) in [6.07, 6.45) is -1.28. The third-order valence-electron chi connectivity index (χ3n) is 3.27. The molecule has 4 nitrogen and oxygen atoms in total. The minimum atomic E-state index is -0.661. The number of aliphatic hydroxyl groups is 1. The molecule has 0 aliphatic heterocycles. The van der Waals surface area contributed by atoms with Crippen LogP contribution in [-0.4, -0.2) is 24.2 Å². The Morgan fingerprint density at radius 2 is 1.90 bits per heavy atom. The van der Waals surface area contributed by atoms with Gasteiger partial charge in [0.2, 0.25) is 0 Å². The summed E-state index contributed by atoms with van der Waals surface area (Å²) in [4.78, 5) is 11.6. The fourth-order valence-electron chi connectivity index (χ4n) is 2.15. The van der Waals surface area contributed by atoms with Gasteiger partial charge in [0.05, 0.1) is 6.10 Å². The van der Waals surface area contributed by atoms with Crippen molar-refractivity contribution in [2.75, 3.05) is 7.05 Å². The lowest BCUT2D eigenvalue weighted by Crippen LogP contribution is -2.34. The summed E-state index contributed by atoms with van der Waals surface area (Å²) >= 11 is 0. The van der Waals surface area contributed by atoms with E-state index in [-0.39, 0.29) is 5.91 Å². The van der Waals surface area contributed by atoms with E-state index in [0.717, 1.165) is 10.8 Å². The summed E-state index contributed by atoms with van der Waals surface area (Å²) in [5, 5.41) is 14.3. The predicted octanol–water partition coefficient (Wildman–Crippen LogP) is 2.41. The second kappa shape index (κ2) is 5.92. The number of carbonyl (C=O) groups is 1. The van der Waals surface area contributed by atoms with Crippen LogP contribution in [0.25, 0.3) is 10.8 Å². The maximum Gasteiger partial charge on any atom is 0.260 e. The third-order valence-corrected chi connectivity index (χ3v) is 3.27. The van der Waals surface area contributed by atoms with Crippen LogP contribution >= 0.6 is 0 Å². The van der Waals surface area contributed by atoms with Crippen LogP contribution in [-0.2, 0) is 4.79 Å². The van der Waals surface area contributed by atoms with Crippen molar-refractivity contribution in [1.82, 2.24) is 5.32 Å². The Hall–Kier alpha value is -2.07. The molecule has 2 rings (SSSR count). The lowest BCUT2D eigenvalue weighted by atomic mass is 10.0. The summed E-state index contributed by atoms with van der Waals surface area (Å²) in [6.45, 7) is 3.37. The molecule has 1 unspecified atom stereocenters. The van der Waals surface area contributed by atoms with Gasteiger partial charge in [0.25, 0.3) is 5.91 Å². The topological polar surface area (TPSA) is 58.6 Å². The van der Waals surface area contributed by atoms with Crippen molar-refractivity contribution in [3.05, 3.63) is 42.0 Å². The smallest absolute Gasteiger partial charge is 0.260 e. The van der Waals surface area contributed by atoms with Gasteiger partial charge in [0.1, 0.15) is 5.75 Å². The van der Waals surface area contributed by atoms with Gasteiger partial charge < -0.3 is 15.2 Å². The van der Waals surface area contributed by atoms with Gasteiger partial charge in [0, 0.05) is 18.0 Å². The standard InChI is InChI=1S/C16H19NO3/c1-10(18)13-9-8-12-6-4-5-7-14(12)15(13)20-11(2)16(19)17-3/h4-11,18H,1-3H3,(H,17,19)/t10-,11?/m0/s1. The molecule has 2 aromatic carbocycles. The molecule has 0 aliphatic carbocycles. The van der Waals surface area contributed by atoms with Crippen LogP contribution in [0, 0.1) is 0 Å². The van der Waals surface area contributed by atoms with Crippen LogP contribution in [0.1, 0.15) is 25.5 Å². The van der Waals surface area contributed by atoms with E-state index in [4.69, 9.17) is 4.74 Å². The summed E-state index contributed by atoms with van der Waals surface area (Å²) in [7, 11) is 1.57. The first-order chi connectivity index (χ1) is 9.54. The molecule has 0 bridgehead atoms. The van der Waals surface area contributed by atoms with Crippen LogP contribution in [0.5, 0.6) is 5.75 Å². The van der Waals surface area contributed by atoms with Gasteiger partial charge in [0.15, 0.2) is 6.10 Å². The first-order valence-electron chi connectivity index (χ1n) is 6.62. The second-order valence-electron chi connectivity index (χ2n) is 4.76. The summed E-state index contributed by atoms with van der Waals surface area (Å²) in [5.41, 5.74) is 0.680. The Labute approximate surface area is 118 Å². The molecule has 0 fully saturated rings. The number of ether oxygens (including phenoxy) is 1. The van der Waals surface area contributed by atoms with Crippen LogP contribution in [0.3, 0.4) is 0 Å². The number of aliphatic hydroxyl groups excluding tert-OH is 1. The highest BCUT2D eigenvalue weighted by Crippen LogP contribution is 2.34. The molecular weight excluding hydrogens is 254 g/mol. The van der Waals surface area contributed by atoms with Gasteiger partial charge in [-0.3, -0.25) is 4.79 Å². The van der Waals surface area contributed by atoms with Crippen molar-refractivity contribution in [3.8, 4) is 5.75 Å². The first kappa shape index (κ1) is 14.3. The molecule has 0 saturated carbocycles. The maximum absolute atomic E-state index is 11.6. The second-order valence-corrected chi connectivity index (χ2v) is 4.76. The molecule has 1 amide bonds. The fourth-order valence-corrected chi connectivity index (χ4v) is 2.15. The molecule has 0 saturated heterocycles. The van der Waals surface area contributed by atoms with Crippen molar-refractivity contribution < 1.29 is 14.6 Å². The highest BCUT2D eigenvalue weighted by molar-refractivity contribution is 5.90. The highest BCUT2D eigenvalue weighted by atomic mass is 16.5. The van der Waals surface area contributed by atoms with E-state index in [1.807, 2.05) is 36.4 Å². The minimum Gasteiger partial charge on any atom is -0.480 e. The predicted molar refractivity (Wildman–Crippen MR) is 78.7 cm³/mol. The molecule has 0 heterocycles. The van der Waals surface area contributed by atoms with E-state index >= 15 is 0 Å². The Morgan fingerprint density at radius 1 is 1.20 bits per heavy atom. The minimum absolute atomic E-state index is 0.200. The lowest BCUT2D eigenvalue weighted by Gasteiger charge is -2.19. The van der Waals surface area contributed by atoms with E-state index in [1.165, 1.54) is 0 Å². The van der Waals surface area contributed by atoms with Crippen molar-refractivity contribution in [1.29, 1.82) is 0 Å². The molecule has 2 N–H and O–H groups in total. The highest BCUT2D eigenvalue weighted by Gasteiger charge is 2.18. The van der Waals surface area contributed by atoms with Crippen molar-refractivity contribution in [3.63, 3.8) is 0 Å². The van der Waals surface area contributed by atoms with Crippen LogP contribution in [0.15, 0.2) is 36.4 Å². The molecule has 0 radical (unpaired) electrons. The van der Waals surface area contributed by atoms with Gasteiger partial charge in [-0.2, -0.15) is 0 Å². The molecule has 2 atom stereocenters. The average molecular weight is 273 g/mol. The van der Waals surface area contributed by atoms with E-state index in [0.29, 0.717) is 11.3 Å². The van der Waals surface area contributed by atoms with Gasteiger partial charge >= 0.3 is 0 Å². The van der Waals surface area contributed by atoms with Gasteiger partial charge in [-0.15, -0.1) is 0 Å². The Balaban J connectivity index is 2.52. The monoisotopic (exact) mass is 273 g/mol. The van der Waals surface area contributed by atoms with E-state index in [1.54, 1.807) is 20.9 Å². The molecule has 2 aromatic rings. The lowest BCUT2D eigenvalue weighted by molar-refractivity contribution is -0.126. The van der Waals surface area contributed by atoms with Crippen LogP contribution < -0.4 is 10.1 Å². The number of fused-ring (bicyclic) bond motifs is 1. The van der Waals surface area contributed by atoms with Gasteiger partial charge in [-0.1, -0.05) is 36.4 Å². The quantitative estimate of drug-likeness (QED) is 0.899. The number of hydrogen-bond acceptors (Lipinski definition) is 3. The number of amides is 1. The number of hydrogen-bond donors (Lipinski definition) is 2. The average Bonchev–Trinajstić information content (AvgIpc) is 2.46. The summed E-state index contributed by atoms with van der Waals surface area (Å²) in [5.74, 6) is 0.365. The molecule has 0 spiro atoms. The Bertz CT molecular complexity index is 622. The molecule has 106 valence electrons. The van der Waals surface area contributed by atoms with E-state index in [9.17, 15) is 9.90 Å². The normalized spacial score (nSPS) is 13.8. The SMILES string of the molecule is CNC(=O)C(C)Oc1c([C@H](C)O)ccc2ccccc12. The number of nitrogens with one attached hydrogen (secondary N) is 1. The zero-order valence-electron chi connectivity index (χ0n) is 11.9. The first-order valence-corrected chi connectivity index (χ1v) is 6.62. The number of rotatable bonds is 4. The van der Waals surface area contributed by atoms with Crippen molar-refractivity contribution in [2.45, 2.75) is 26.1 Å². The number of benzene rings is 2. The van der Waals surface area contributed by atoms with E-state index in [2.05, 4.69) is 5.32 Å².